The first-order chi connectivity index (χ1) is 12.2. The summed E-state index contributed by atoms with van der Waals surface area (Å²) in [4.78, 5) is 31.2. The summed E-state index contributed by atoms with van der Waals surface area (Å²) in [5, 5.41) is 22.3. The molecule has 136 valence electrons. The predicted octanol–water partition coefficient (Wildman–Crippen LogP) is 2.09. The van der Waals surface area contributed by atoms with Gasteiger partial charge in [-0.3, -0.25) is 25.0 Å². The highest BCUT2D eigenvalue weighted by Gasteiger charge is 2.34. The number of hydrogen-bond donors (Lipinski definition) is 0. The zero-order valence-corrected chi connectivity index (χ0v) is 13.8. The van der Waals surface area contributed by atoms with Gasteiger partial charge in [0.15, 0.2) is 6.29 Å². The first-order valence-corrected chi connectivity index (χ1v) is 8.12. The van der Waals surface area contributed by atoms with Crippen LogP contribution in [0.1, 0.15) is 10.4 Å². The number of ether oxygens (including phenoxy) is 1. The number of aldehydes is 1. The number of methoxy groups -OCH3 is 1. The normalized spacial score (nSPS) is 10.8. The topological polar surface area (TPSA) is 156 Å². The third-order valence-electron chi connectivity index (χ3n) is 3.17. The SMILES string of the molecule is COc1c([N+](=O)[O-])cc([N+](=O)[O-])c(C=O)c1OS(=O)(=O)c1ccccc1. The summed E-state index contributed by atoms with van der Waals surface area (Å²) in [6, 6.07) is 7.16. The van der Waals surface area contributed by atoms with Crippen molar-refractivity contribution < 1.29 is 32.0 Å². The summed E-state index contributed by atoms with van der Waals surface area (Å²) in [6.45, 7) is 0. The van der Waals surface area contributed by atoms with E-state index in [1.807, 2.05) is 0 Å². The quantitative estimate of drug-likeness (QED) is 0.303. The van der Waals surface area contributed by atoms with Gasteiger partial charge in [0.1, 0.15) is 10.5 Å². The van der Waals surface area contributed by atoms with Crippen LogP contribution in [-0.4, -0.2) is 31.7 Å². The average molecular weight is 382 g/mol. The first-order valence-electron chi connectivity index (χ1n) is 6.71. The molecule has 0 radical (unpaired) electrons. The molecule has 0 aliphatic rings. The van der Waals surface area contributed by atoms with Gasteiger partial charge in [-0.05, 0) is 12.1 Å². The van der Waals surface area contributed by atoms with Crippen molar-refractivity contribution in [3.63, 3.8) is 0 Å². The molecule has 2 aromatic carbocycles. The molecule has 0 saturated heterocycles. The van der Waals surface area contributed by atoms with E-state index in [4.69, 9.17) is 8.92 Å². The summed E-state index contributed by atoms with van der Waals surface area (Å²) in [6.07, 6.45) is -0.0414. The molecule has 0 aromatic heterocycles. The highest BCUT2D eigenvalue weighted by molar-refractivity contribution is 7.87. The predicted molar refractivity (Wildman–Crippen MR) is 85.9 cm³/mol. The summed E-state index contributed by atoms with van der Waals surface area (Å²) >= 11 is 0. The third kappa shape index (κ3) is 3.44. The molecule has 26 heavy (non-hydrogen) atoms. The fourth-order valence-electron chi connectivity index (χ4n) is 2.05. The van der Waals surface area contributed by atoms with Gasteiger partial charge in [0.2, 0.25) is 11.5 Å². The van der Waals surface area contributed by atoms with E-state index in [1.165, 1.54) is 30.3 Å². The van der Waals surface area contributed by atoms with Gasteiger partial charge < -0.3 is 8.92 Å². The van der Waals surface area contributed by atoms with E-state index in [9.17, 15) is 33.4 Å². The Morgan fingerprint density at radius 2 is 1.58 bits per heavy atom. The van der Waals surface area contributed by atoms with Gasteiger partial charge in [-0.15, -0.1) is 0 Å². The Hall–Kier alpha value is -3.54. The maximum Gasteiger partial charge on any atom is 0.339 e. The molecule has 0 bridgehead atoms. The van der Waals surface area contributed by atoms with Crippen LogP contribution in [0.15, 0.2) is 41.3 Å². The van der Waals surface area contributed by atoms with Crippen molar-refractivity contribution in [1.29, 1.82) is 0 Å². The Kier molecular flexibility index (Phi) is 5.16. The van der Waals surface area contributed by atoms with Crippen LogP contribution in [0.3, 0.4) is 0 Å². The number of hydrogen-bond acceptors (Lipinski definition) is 9. The molecule has 0 heterocycles. The van der Waals surface area contributed by atoms with Gasteiger partial charge in [-0.1, -0.05) is 18.2 Å². The maximum absolute atomic E-state index is 12.4. The molecule has 0 aliphatic heterocycles. The number of nitrogens with zero attached hydrogens (tertiary/aromatic N) is 2. The van der Waals surface area contributed by atoms with Crippen LogP contribution in [-0.2, 0) is 10.1 Å². The van der Waals surface area contributed by atoms with Crippen LogP contribution >= 0.6 is 0 Å². The van der Waals surface area contributed by atoms with Gasteiger partial charge in [-0.2, -0.15) is 8.42 Å². The maximum atomic E-state index is 12.4. The second-order valence-corrected chi connectivity index (χ2v) is 6.22. The zero-order valence-electron chi connectivity index (χ0n) is 13.0. The highest BCUT2D eigenvalue weighted by atomic mass is 32.2. The molecule has 0 saturated carbocycles. The van der Waals surface area contributed by atoms with Gasteiger partial charge in [0, 0.05) is 0 Å². The van der Waals surface area contributed by atoms with Crippen molar-refractivity contribution in [1.82, 2.24) is 0 Å². The zero-order chi connectivity index (χ0) is 19.5. The Labute approximate surface area is 146 Å². The largest absolute Gasteiger partial charge is 0.487 e. The van der Waals surface area contributed by atoms with Crippen molar-refractivity contribution in [2.24, 2.45) is 0 Å². The molecule has 11 nitrogen and oxygen atoms in total. The number of nitro groups is 2. The lowest BCUT2D eigenvalue weighted by Crippen LogP contribution is -2.13. The average Bonchev–Trinajstić information content (AvgIpc) is 2.60. The molecule has 0 aliphatic carbocycles. The highest BCUT2D eigenvalue weighted by Crippen LogP contribution is 2.45. The molecule has 0 unspecified atom stereocenters. The van der Waals surface area contributed by atoms with E-state index in [0.717, 1.165) is 7.11 Å². The molecule has 0 amide bonds. The smallest absolute Gasteiger partial charge is 0.339 e. The fourth-order valence-corrected chi connectivity index (χ4v) is 3.02. The molecule has 2 aromatic rings. The molecule has 0 fully saturated rings. The number of carbonyl (C=O) groups excluding carboxylic acids is 1. The first kappa shape index (κ1) is 18.8. The van der Waals surface area contributed by atoms with E-state index >= 15 is 0 Å². The number of benzene rings is 2. The fraction of sp³-hybridized carbons (Fsp3) is 0.0714. The summed E-state index contributed by atoms with van der Waals surface area (Å²) in [5.74, 6) is -1.67. The Morgan fingerprint density at radius 3 is 2.04 bits per heavy atom. The van der Waals surface area contributed by atoms with Crippen LogP contribution < -0.4 is 8.92 Å². The van der Waals surface area contributed by atoms with Crippen LogP contribution in [0.2, 0.25) is 0 Å². The molecule has 0 spiro atoms. The lowest BCUT2D eigenvalue weighted by molar-refractivity contribution is -0.394. The molecule has 0 atom stereocenters. The van der Waals surface area contributed by atoms with Crippen molar-refractivity contribution in [2.45, 2.75) is 4.90 Å². The summed E-state index contributed by atoms with van der Waals surface area (Å²) in [5.41, 5.74) is -2.73. The van der Waals surface area contributed by atoms with Gasteiger partial charge >= 0.3 is 15.8 Å². The Balaban J connectivity index is 2.79. The van der Waals surface area contributed by atoms with E-state index in [2.05, 4.69) is 0 Å². The lowest BCUT2D eigenvalue weighted by Gasteiger charge is -2.13. The van der Waals surface area contributed by atoms with Crippen LogP contribution in [0.4, 0.5) is 11.4 Å². The number of rotatable bonds is 7. The lowest BCUT2D eigenvalue weighted by atomic mass is 10.1. The van der Waals surface area contributed by atoms with Crippen molar-refractivity contribution >= 4 is 27.8 Å². The molecule has 0 N–H and O–H groups in total. The van der Waals surface area contributed by atoms with Crippen molar-refractivity contribution in [3.8, 4) is 11.5 Å². The van der Waals surface area contributed by atoms with Gasteiger partial charge in [0.25, 0.3) is 5.69 Å². The van der Waals surface area contributed by atoms with E-state index in [-0.39, 0.29) is 11.2 Å². The van der Waals surface area contributed by atoms with E-state index in [0.29, 0.717) is 6.07 Å². The number of nitro benzene ring substituents is 2. The molecule has 12 heteroatoms. The van der Waals surface area contributed by atoms with Crippen LogP contribution in [0.5, 0.6) is 11.5 Å². The van der Waals surface area contributed by atoms with Crippen LogP contribution in [0.25, 0.3) is 0 Å². The van der Waals surface area contributed by atoms with Gasteiger partial charge in [-0.25, -0.2) is 0 Å². The molecular weight excluding hydrogens is 372 g/mol. The van der Waals surface area contributed by atoms with Crippen LogP contribution in [0, 0.1) is 20.2 Å². The van der Waals surface area contributed by atoms with E-state index in [1.54, 1.807) is 0 Å². The Morgan fingerprint density at radius 1 is 1.00 bits per heavy atom. The monoisotopic (exact) mass is 382 g/mol. The van der Waals surface area contributed by atoms with Crippen molar-refractivity contribution in [2.75, 3.05) is 7.11 Å². The van der Waals surface area contributed by atoms with Crippen molar-refractivity contribution in [3.05, 3.63) is 62.2 Å². The minimum Gasteiger partial charge on any atom is -0.487 e. The molecule has 2 rings (SSSR count). The second-order valence-electron chi connectivity index (χ2n) is 4.67. The standard InChI is InChI=1S/C14H10N2O9S/c1-24-14-12(16(20)21)7-11(15(18)19)10(8-17)13(14)25-26(22,23)9-5-3-2-4-6-9/h2-8H,1H3. The summed E-state index contributed by atoms with van der Waals surface area (Å²) in [7, 11) is -3.58. The number of carbonyl (C=O) groups is 1. The second kappa shape index (κ2) is 7.14. The van der Waals surface area contributed by atoms with Gasteiger partial charge in [0.05, 0.1) is 23.0 Å². The summed E-state index contributed by atoms with van der Waals surface area (Å²) < 4.78 is 34.3. The third-order valence-corrected chi connectivity index (χ3v) is 4.41. The Bertz CT molecular complexity index is 987. The minimum absolute atomic E-state index is 0.0414. The molecular formula is C14H10N2O9S. The minimum atomic E-state index is -4.55. The van der Waals surface area contributed by atoms with E-state index < -0.39 is 48.4 Å².